The molecular formula is C39H36O3P2. The number of benzene rings is 6. The van der Waals surface area contributed by atoms with Gasteiger partial charge in [0, 0.05) is 0 Å². The Morgan fingerprint density at radius 2 is 0.500 bits per heavy atom. The van der Waals surface area contributed by atoms with Gasteiger partial charge < -0.3 is 0 Å². The molecule has 6 aromatic carbocycles. The predicted octanol–water partition coefficient (Wildman–Crippen LogP) is 7.29. The van der Waals surface area contributed by atoms with Gasteiger partial charge >= 0.3 is 261 Å². The van der Waals surface area contributed by atoms with E-state index < -0.39 is 19.8 Å². The van der Waals surface area contributed by atoms with Crippen molar-refractivity contribution in [2.24, 2.45) is 0 Å². The van der Waals surface area contributed by atoms with Gasteiger partial charge in [-0.15, -0.1) is 0 Å². The molecule has 6 aromatic rings. The van der Waals surface area contributed by atoms with Gasteiger partial charge in [-0.2, -0.15) is 0 Å². The summed E-state index contributed by atoms with van der Waals surface area (Å²) in [4.78, 5) is 14.9. The first kappa shape index (κ1) is 29.5. The summed E-state index contributed by atoms with van der Waals surface area (Å²) in [5.74, 6) is 0. The van der Waals surface area contributed by atoms with Crippen molar-refractivity contribution in [3.05, 3.63) is 182 Å². The van der Waals surface area contributed by atoms with E-state index in [0.717, 1.165) is 31.8 Å². The molecule has 0 N–H and O–H groups in total. The molecule has 3 nitrogen and oxygen atoms in total. The molecule has 0 radical (unpaired) electrons. The van der Waals surface area contributed by atoms with Crippen LogP contribution in [-0.2, 0) is 9.05 Å². The molecule has 0 aliphatic carbocycles. The molecule has 0 aromatic heterocycles. The molecule has 0 heterocycles. The summed E-state index contributed by atoms with van der Waals surface area (Å²) in [6.07, 6.45) is -0.710. The first-order valence-corrected chi connectivity index (χ1v) is 19.9. The summed E-state index contributed by atoms with van der Waals surface area (Å²) in [5.41, 5.74) is 0. The second-order valence-electron chi connectivity index (χ2n) is 11.4. The molecule has 0 saturated carbocycles. The van der Waals surface area contributed by atoms with Crippen LogP contribution in [-0.4, -0.2) is 19.5 Å². The first-order valence-electron chi connectivity index (χ1n) is 14.7. The summed E-state index contributed by atoms with van der Waals surface area (Å²) < 4.78 is 14.1. The molecule has 0 atom stereocenters. The molecular weight excluding hydrogens is 578 g/mol. The average molecular weight is 615 g/mol. The van der Waals surface area contributed by atoms with Crippen LogP contribution in [0.25, 0.3) is 0 Å². The van der Waals surface area contributed by atoms with Gasteiger partial charge in [-0.25, -0.2) is 0 Å². The van der Waals surface area contributed by atoms with Crippen LogP contribution in [0.15, 0.2) is 182 Å². The Labute approximate surface area is 260 Å². The van der Waals surface area contributed by atoms with Gasteiger partial charge in [0.25, 0.3) is 0 Å². The molecule has 0 unspecified atom stereocenters. The van der Waals surface area contributed by atoms with Crippen LogP contribution in [0.1, 0.15) is 0 Å². The van der Waals surface area contributed by atoms with Crippen molar-refractivity contribution >= 4 is 51.6 Å². The van der Waals surface area contributed by atoms with Gasteiger partial charge in [0.2, 0.25) is 0 Å². The van der Waals surface area contributed by atoms with Crippen LogP contribution >= 0.6 is 13.7 Å². The zero-order valence-corrected chi connectivity index (χ0v) is 26.7. The molecule has 5 heteroatoms. The molecule has 0 aliphatic rings. The van der Waals surface area contributed by atoms with Gasteiger partial charge in [-0.1, -0.05) is 0 Å². The molecule has 0 saturated heterocycles. The Morgan fingerprint density at radius 3 is 0.659 bits per heavy atom. The average Bonchev–Trinajstić information content (AvgIpc) is 3.10. The molecule has 0 spiro atoms. The van der Waals surface area contributed by atoms with Crippen LogP contribution in [0.2, 0.25) is 0 Å². The van der Waals surface area contributed by atoms with E-state index in [1.54, 1.807) is 0 Å². The predicted molar refractivity (Wildman–Crippen MR) is 190 cm³/mol. The van der Waals surface area contributed by atoms with E-state index in [1.807, 2.05) is 109 Å². The van der Waals surface area contributed by atoms with Crippen molar-refractivity contribution in [3.8, 4) is 0 Å². The molecule has 0 fully saturated rings. The summed E-state index contributed by atoms with van der Waals surface area (Å²) in [7, 11) is 0. The Bertz CT molecular complexity index is 1510. The third-order valence-electron chi connectivity index (χ3n) is 8.87. The van der Waals surface area contributed by atoms with Crippen LogP contribution < -0.4 is 31.8 Å². The van der Waals surface area contributed by atoms with E-state index in [-0.39, 0.29) is 0 Å². The molecule has 0 bridgehead atoms. The number of hydrogen-bond donors (Lipinski definition) is 0. The van der Waals surface area contributed by atoms with Crippen molar-refractivity contribution in [2.45, 2.75) is 0 Å². The van der Waals surface area contributed by atoms with Crippen molar-refractivity contribution in [3.63, 3.8) is 0 Å². The van der Waals surface area contributed by atoms with E-state index in [9.17, 15) is 4.79 Å². The Morgan fingerprint density at radius 1 is 0.341 bits per heavy atom. The molecule has 220 valence electrons. The number of carbonyl (C=O) groups excluding carboxylic acids is 1. The summed E-state index contributed by atoms with van der Waals surface area (Å²) in [6.45, 7) is -3.61. The SMILES string of the molecule is CP(OC(=O)OP(C)(c1ccccc1)(c1ccccc1)c1ccccc1)(c1ccccc1)(c1ccccc1)c1ccccc1. The van der Waals surface area contributed by atoms with Crippen molar-refractivity contribution < 1.29 is 13.8 Å². The fraction of sp³-hybridized carbons (Fsp3) is 0.0513. The topological polar surface area (TPSA) is 35.5 Å². The van der Waals surface area contributed by atoms with Crippen LogP contribution in [0.4, 0.5) is 4.79 Å². The molecule has 6 rings (SSSR count). The second kappa shape index (κ2) is 11.5. The fourth-order valence-electron chi connectivity index (χ4n) is 6.32. The van der Waals surface area contributed by atoms with Crippen LogP contribution in [0, 0.1) is 0 Å². The van der Waals surface area contributed by atoms with Crippen LogP contribution in [0.3, 0.4) is 0 Å². The van der Waals surface area contributed by atoms with E-state index >= 15 is 0 Å². The van der Waals surface area contributed by atoms with Gasteiger partial charge in [-0.05, 0) is 0 Å². The Kier molecular flexibility index (Phi) is 7.72. The van der Waals surface area contributed by atoms with Gasteiger partial charge in [-0.3, -0.25) is 0 Å². The molecule has 44 heavy (non-hydrogen) atoms. The van der Waals surface area contributed by atoms with Gasteiger partial charge in [0.05, 0.1) is 0 Å². The summed E-state index contributed by atoms with van der Waals surface area (Å²) in [6, 6.07) is 60.6. The van der Waals surface area contributed by atoms with E-state index in [1.165, 1.54) is 0 Å². The minimum atomic E-state index is -3.91. The van der Waals surface area contributed by atoms with E-state index in [4.69, 9.17) is 9.05 Å². The summed E-state index contributed by atoms with van der Waals surface area (Å²) >= 11 is 0. The number of rotatable bonds is 8. The first-order chi connectivity index (χ1) is 21.4. The second-order valence-corrected chi connectivity index (χ2v) is 20.7. The molecule has 0 aliphatic heterocycles. The zero-order valence-electron chi connectivity index (χ0n) is 24.9. The number of carbonyl (C=O) groups is 1. The normalized spacial score (nSPS) is 13.4. The van der Waals surface area contributed by atoms with E-state index in [0.29, 0.717) is 0 Å². The van der Waals surface area contributed by atoms with Crippen LogP contribution in [0.5, 0.6) is 0 Å². The maximum atomic E-state index is 14.9. The van der Waals surface area contributed by atoms with Crippen molar-refractivity contribution in [1.82, 2.24) is 0 Å². The third-order valence-corrected chi connectivity index (χ3v) is 19.3. The quantitative estimate of drug-likeness (QED) is 0.169. The summed E-state index contributed by atoms with van der Waals surface area (Å²) in [5, 5.41) is 5.60. The van der Waals surface area contributed by atoms with Crippen molar-refractivity contribution in [2.75, 3.05) is 13.3 Å². The standard InChI is InChI=1S/C39H36O3P2/c1-43(33-21-9-3-10-22-33,34-23-11-4-12-24-34,35-25-13-5-14-26-35)41-39(40)42-44(2,36-27-15-6-16-28-36,37-29-17-7-18-30-37)38-31-19-8-20-32-38/h3-32H,1-2H3. The van der Waals surface area contributed by atoms with Gasteiger partial charge in [0.1, 0.15) is 0 Å². The Balaban J connectivity index is 1.63. The van der Waals surface area contributed by atoms with Crippen molar-refractivity contribution in [1.29, 1.82) is 0 Å². The maximum absolute atomic E-state index is 14.9. The fourth-order valence-corrected chi connectivity index (χ4v) is 15.0. The van der Waals surface area contributed by atoms with Gasteiger partial charge in [0.15, 0.2) is 0 Å². The monoisotopic (exact) mass is 614 g/mol. The minimum absolute atomic E-state index is 0.710. The zero-order chi connectivity index (χ0) is 30.6. The number of hydrogen-bond acceptors (Lipinski definition) is 3. The Hall–Kier alpha value is -4.55. The van der Waals surface area contributed by atoms with E-state index in [2.05, 4.69) is 86.1 Å². The third kappa shape index (κ3) is 4.65. The molecule has 0 amide bonds.